The van der Waals surface area contributed by atoms with Gasteiger partial charge in [-0.2, -0.15) is 0 Å². The third-order valence-corrected chi connectivity index (χ3v) is 2.43. The van der Waals surface area contributed by atoms with Crippen molar-refractivity contribution < 1.29 is 4.42 Å². The van der Waals surface area contributed by atoms with Gasteiger partial charge in [-0.15, -0.1) is 0 Å². The lowest BCUT2D eigenvalue weighted by Gasteiger charge is -1.98. The summed E-state index contributed by atoms with van der Waals surface area (Å²) < 4.78 is 5.55. The molecule has 0 unspecified atom stereocenters. The summed E-state index contributed by atoms with van der Waals surface area (Å²) in [5, 5.41) is 3.75. The van der Waals surface area contributed by atoms with Crippen LogP contribution in [0.2, 0.25) is 5.02 Å². The van der Waals surface area contributed by atoms with Gasteiger partial charge in [-0.05, 0) is 24.7 Å². The number of oxazole rings is 1. The van der Waals surface area contributed by atoms with Gasteiger partial charge in [0.15, 0.2) is 5.89 Å². The van der Waals surface area contributed by atoms with Crippen molar-refractivity contribution in [3.05, 3.63) is 52.7 Å². The van der Waals surface area contributed by atoms with Gasteiger partial charge in [0.2, 0.25) is 0 Å². The lowest BCUT2D eigenvalue weighted by Crippen LogP contribution is -2.03. The van der Waals surface area contributed by atoms with Crippen molar-refractivity contribution in [1.82, 2.24) is 10.3 Å². The minimum absolute atomic E-state index is 0.671. The maximum absolute atomic E-state index is 5.90. The van der Waals surface area contributed by atoms with Gasteiger partial charge in [-0.3, -0.25) is 0 Å². The molecule has 0 fully saturated rings. The first-order valence-electron chi connectivity index (χ1n) is 5.10. The molecule has 0 saturated carbocycles. The molecule has 0 aliphatic carbocycles. The number of hydrogen-bond donors (Lipinski definition) is 1. The van der Waals surface area contributed by atoms with Crippen LogP contribution < -0.4 is 5.32 Å². The van der Waals surface area contributed by atoms with Gasteiger partial charge < -0.3 is 9.73 Å². The maximum atomic E-state index is 5.90. The summed E-state index contributed by atoms with van der Waals surface area (Å²) >= 11 is 5.90. The van der Waals surface area contributed by atoms with Crippen molar-refractivity contribution in [3.8, 4) is 0 Å². The zero-order valence-corrected chi connectivity index (χ0v) is 9.79. The number of benzene rings is 1. The van der Waals surface area contributed by atoms with E-state index in [4.69, 9.17) is 16.0 Å². The molecule has 0 bridgehead atoms. The lowest BCUT2D eigenvalue weighted by atomic mass is 10.1. The van der Waals surface area contributed by atoms with E-state index in [-0.39, 0.29) is 0 Å². The molecule has 2 rings (SSSR count). The van der Waals surface area contributed by atoms with Crippen LogP contribution >= 0.6 is 11.6 Å². The van der Waals surface area contributed by atoms with Crippen molar-refractivity contribution in [2.45, 2.75) is 13.0 Å². The summed E-state index contributed by atoms with van der Waals surface area (Å²) in [5.41, 5.74) is 1.10. The predicted octanol–water partition coefficient (Wildman–Crippen LogP) is 2.64. The Morgan fingerprint density at radius 3 is 3.06 bits per heavy atom. The van der Waals surface area contributed by atoms with Crippen LogP contribution in [0.1, 0.15) is 17.2 Å². The monoisotopic (exact) mass is 236 g/mol. The molecule has 0 atom stereocenters. The van der Waals surface area contributed by atoms with Gasteiger partial charge >= 0.3 is 0 Å². The van der Waals surface area contributed by atoms with Crippen LogP contribution in [0.5, 0.6) is 0 Å². The fraction of sp³-hybridized carbons (Fsp3) is 0.250. The first-order chi connectivity index (χ1) is 7.78. The van der Waals surface area contributed by atoms with E-state index in [1.165, 1.54) is 0 Å². The number of nitrogens with one attached hydrogen (secondary N) is 1. The Kier molecular flexibility index (Phi) is 3.59. The van der Waals surface area contributed by atoms with Gasteiger partial charge in [0.05, 0.1) is 12.7 Å². The van der Waals surface area contributed by atoms with E-state index in [0.717, 1.165) is 16.3 Å². The van der Waals surface area contributed by atoms with Crippen LogP contribution in [0.3, 0.4) is 0 Å². The van der Waals surface area contributed by atoms with Crippen LogP contribution in [-0.2, 0) is 13.0 Å². The van der Waals surface area contributed by atoms with Gasteiger partial charge in [0, 0.05) is 11.4 Å². The van der Waals surface area contributed by atoms with Crippen molar-refractivity contribution in [2.75, 3.05) is 7.05 Å². The third-order valence-electron chi connectivity index (χ3n) is 2.20. The predicted molar refractivity (Wildman–Crippen MR) is 63.5 cm³/mol. The van der Waals surface area contributed by atoms with Gasteiger partial charge in [-0.25, -0.2) is 4.98 Å². The Morgan fingerprint density at radius 2 is 2.31 bits per heavy atom. The lowest BCUT2D eigenvalue weighted by molar-refractivity contribution is 0.454. The number of hydrogen-bond acceptors (Lipinski definition) is 3. The van der Waals surface area contributed by atoms with Crippen LogP contribution in [0.15, 0.2) is 34.9 Å². The highest BCUT2D eigenvalue weighted by molar-refractivity contribution is 6.30. The number of nitrogens with zero attached hydrogens (tertiary/aromatic N) is 1. The molecule has 0 saturated heterocycles. The number of aromatic nitrogens is 1. The summed E-state index contributed by atoms with van der Waals surface area (Å²) in [5.74, 6) is 1.56. The van der Waals surface area contributed by atoms with Crippen LogP contribution in [0, 0.1) is 0 Å². The Morgan fingerprint density at radius 1 is 1.44 bits per heavy atom. The topological polar surface area (TPSA) is 38.1 Å². The molecule has 0 radical (unpaired) electrons. The Hall–Kier alpha value is -1.32. The van der Waals surface area contributed by atoms with Gasteiger partial charge in [0.25, 0.3) is 0 Å². The minimum atomic E-state index is 0.671. The standard InChI is InChI=1S/C12H13ClN2O/c1-14-7-11-8-15-12(16-11)6-9-3-2-4-10(13)5-9/h2-5,8,14H,6-7H2,1H3. The average Bonchev–Trinajstić information content (AvgIpc) is 2.66. The molecular weight excluding hydrogens is 224 g/mol. The van der Waals surface area contributed by atoms with E-state index in [0.29, 0.717) is 18.9 Å². The molecule has 2 aromatic rings. The molecule has 3 nitrogen and oxygen atoms in total. The second-order valence-electron chi connectivity index (χ2n) is 3.56. The molecule has 1 heterocycles. The van der Waals surface area contributed by atoms with E-state index >= 15 is 0 Å². The van der Waals surface area contributed by atoms with E-state index in [1.54, 1.807) is 6.20 Å². The quantitative estimate of drug-likeness (QED) is 0.887. The highest BCUT2D eigenvalue weighted by atomic mass is 35.5. The fourth-order valence-corrected chi connectivity index (χ4v) is 1.72. The van der Waals surface area contributed by atoms with Crippen molar-refractivity contribution in [3.63, 3.8) is 0 Å². The molecule has 1 aromatic heterocycles. The molecule has 1 N–H and O–H groups in total. The molecule has 84 valence electrons. The fourth-order valence-electron chi connectivity index (χ4n) is 1.51. The summed E-state index contributed by atoms with van der Waals surface area (Å²) in [7, 11) is 1.87. The van der Waals surface area contributed by atoms with Gasteiger partial charge in [-0.1, -0.05) is 23.7 Å². The molecule has 0 aliphatic rings. The Labute approximate surface area is 99.5 Å². The minimum Gasteiger partial charge on any atom is -0.444 e. The zero-order chi connectivity index (χ0) is 11.4. The molecule has 0 spiro atoms. The Bertz CT molecular complexity index is 468. The largest absolute Gasteiger partial charge is 0.444 e. The first kappa shape index (κ1) is 11.2. The van der Waals surface area contributed by atoms with E-state index in [2.05, 4.69) is 10.3 Å². The van der Waals surface area contributed by atoms with Crippen LogP contribution in [0.25, 0.3) is 0 Å². The smallest absolute Gasteiger partial charge is 0.198 e. The molecule has 16 heavy (non-hydrogen) atoms. The van der Waals surface area contributed by atoms with E-state index in [1.807, 2.05) is 31.3 Å². The summed E-state index contributed by atoms with van der Waals surface area (Å²) in [4.78, 5) is 4.21. The second-order valence-corrected chi connectivity index (χ2v) is 3.99. The average molecular weight is 237 g/mol. The van der Waals surface area contributed by atoms with Crippen molar-refractivity contribution in [1.29, 1.82) is 0 Å². The molecule has 0 aliphatic heterocycles. The van der Waals surface area contributed by atoms with Gasteiger partial charge in [0.1, 0.15) is 5.76 Å². The molecule has 0 amide bonds. The normalized spacial score (nSPS) is 10.6. The SMILES string of the molecule is CNCc1cnc(Cc2cccc(Cl)c2)o1. The second kappa shape index (κ2) is 5.14. The third kappa shape index (κ3) is 2.84. The van der Waals surface area contributed by atoms with Crippen molar-refractivity contribution >= 4 is 11.6 Å². The van der Waals surface area contributed by atoms with E-state index in [9.17, 15) is 0 Å². The van der Waals surface area contributed by atoms with Crippen LogP contribution in [0.4, 0.5) is 0 Å². The number of halogens is 1. The molecule has 1 aromatic carbocycles. The summed E-state index contributed by atoms with van der Waals surface area (Å²) in [6, 6.07) is 7.71. The summed E-state index contributed by atoms with van der Waals surface area (Å²) in [6.07, 6.45) is 2.42. The molecular formula is C12H13ClN2O. The number of rotatable bonds is 4. The van der Waals surface area contributed by atoms with E-state index < -0.39 is 0 Å². The first-order valence-corrected chi connectivity index (χ1v) is 5.48. The zero-order valence-electron chi connectivity index (χ0n) is 9.03. The Balaban J connectivity index is 2.08. The highest BCUT2D eigenvalue weighted by Gasteiger charge is 2.04. The van der Waals surface area contributed by atoms with Crippen LogP contribution in [-0.4, -0.2) is 12.0 Å². The summed E-state index contributed by atoms with van der Waals surface area (Å²) in [6.45, 7) is 0.697. The highest BCUT2D eigenvalue weighted by Crippen LogP contribution is 2.14. The molecule has 4 heteroatoms. The van der Waals surface area contributed by atoms with Crippen molar-refractivity contribution in [2.24, 2.45) is 0 Å². The maximum Gasteiger partial charge on any atom is 0.198 e.